The second kappa shape index (κ2) is 5.79. The average molecular weight is 276 g/mol. The highest BCUT2D eigenvalue weighted by molar-refractivity contribution is 5.39. The van der Waals surface area contributed by atoms with Crippen molar-refractivity contribution >= 4 is 0 Å². The zero-order valence-electron chi connectivity index (χ0n) is 10.2. The van der Waals surface area contributed by atoms with Gasteiger partial charge in [0.25, 0.3) is 0 Å². The van der Waals surface area contributed by atoms with Crippen molar-refractivity contribution in [3.63, 3.8) is 0 Å². The number of hydrogen-bond donors (Lipinski definition) is 1. The molecule has 6 heteroatoms. The predicted octanol–water partition coefficient (Wildman–Crippen LogP) is 2.62. The Bertz CT molecular complexity index is 432. The smallest absolute Gasteiger partial charge is 0.411 e. The first-order valence-corrected chi connectivity index (χ1v) is 6.04. The fraction of sp³-hybridized carbons (Fsp3) is 0.538. The molecule has 0 bridgehead atoms. The van der Waals surface area contributed by atoms with Crippen LogP contribution in [-0.4, -0.2) is 31.1 Å². The number of aliphatic hydroxyl groups excluding tert-OH is 1. The molecule has 106 valence electrons. The van der Waals surface area contributed by atoms with Gasteiger partial charge < -0.3 is 14.6 Å². The largest absolute Gasteiger partial charge is 0.491 e. The molecule has 1 aliphatic carbocycles. The zero-order valence-corrected chi connectivity index (χ0v) is 10.2. The molecule has 0 spiro atoms. The molecule has 1 aromatic rings. The highest BCUT2D eigenvalue weighted by Gasteiger charge is 2.27. The van der Waals surface area contributed by atoms with Crippen LogP contribution in [0.2, 0.25) is 0 Å². The van der Waals surface area contributed by atoms with Gasteiger partial charge in [0.1, 0.15) is 19.0 Å². The molecule has 0 heterocycles. The molecule has 1 atom stereocenters. The van der Waals surface area contributed by atoms with Crippen molar-refractivity contribution in [3.05, 3.63) is 29.3 Å². The average Bonchev–Trinajstić information content (AvgIpc) is 2.69. The van der Waals surface area contributed by atoms with Gasteiger partial charge in [-0.2, -0.15) is 13.2 Å². The quantitative estimate of drug-likeness (QED) is 0.840. The van der Waals surface area contributed by atoms with Gasteiger partial charge in [0, 0.05) is 0 Å². The molecule has 0 aromatic heterocycles. The van der Waals surface area contributed by atoms with Gasteiger partial charge >= 0.3 is 6.18 Å². The van der Waals surface area contributed by atoms with Crippen molar-refractivity contribution in [2.24, 2.45) is 0 Å². The maximum absolute atomic E-state index is 11.8. The van der Waals surface area contributed by atoms with Gasteiger partial charge in [0.05, 0.1) is 12.7 Å². The zero-order chi connectivity index (χ0) is 13.9. The third-order valence-corrected chi connectivity index (χ3v) is 2.92. The molecule has 1 aliphatic rings. The van der Waals surface area contributed by atoms with Crippen molar-refractivity contribution in [1.82, 2.24) is 0 Å². The molecule has 1 N–H and O–H groups in total. The predicted molar refractivity (Wildman–Crippen MR) is 62.1 cm³/mol. The number of halogens is 3. The standard InChI is InChI=1S/C13H15F3O3/c14-13(15,16)8-18-5-6-19-10-2-3-11-9(7-10)1-4-12(11)17/h2-3,7,12,17H,1,4-6,8H2/t12-/m0/s1. The first-order chi connectivity index (χ1) is 8.96. The Kier molecular flexibility index (Phi) is 4.31. The Morgan fingerprint density at radius 1 is 1.26 bits per heavy atom. The molecule has 0 unspecified atom stereocenters. The summed E-state index contributed by atoms with van der Waals surface area (Å²) in [5, 5.41) is 9.63. The summed E-state index contributed by atoms with van der Waals surface area (Å²) >= 11 is 0. The number of benzene rings is 1. The van der Waals surface area contributed by atoms with Crippen LogP contribution >= 0.6 is 0 Å². The van der Waals surface area contributed by atoms with E-state index in [0.717, 1.165) is 17.5 Å². The van der Waals surface area contributed by atoms with Crippen LogP contribution in [0.5, 0.6) is 5.75 Å². The first kappa shape index (κ1) is 14.1. The maximum Gasteiger partial charge on any atom is 0.411 e. The maximum atomic E-state index is 11.8. The molecular weight excluding hydrogens is 261 g/mol. The third kappa shape index (κ3) is 4.11. The van der Waals surface area contributed by atoms with Crippen LogP contribution in [0.4, 0.5) is 13.2 Å². The highest BCUT2D eigenvalue weighted by atomic mass is 19.4. The number of aliphatic hydroxyl groups is 1. The minimum Gasteiger partial charge on any atom is -0.491 e. The third-order valence-electron chi connectivity index (χ3n) is 2.92. The van der Waals surface area contributed by atoms with Gasteiger partial charge in [-0.1, -0.05) is 6.07 Å². The van der Waals surface area contributed by atoms with Gasteiger partial charge in [-0.3, -0.25) is 0 Å². The second-order valence-corrected chi connectivity index (χ2v) is 4.43. The van der Waals surface area contributed by atoms with Crippen molar-refractivity contribution in [3.8, 4) is 5.75 Å². The summed E-state index contributed by atoms with van der Waals surface area (Å²) in [6, 6.07) is 5.31. The molecule has 0 saturated heterocycles. The van der Waals surface area contributed by atoms with Crippen LogP contribution in [0.1, 0.15) is 23.7 Å². The summed E-state index contributed by atoms with van der Waals surface area (Å²) in [4.78, 5) is 0. The Morgan fingerprint density at radius 3 is 2.79 bits per heavy atom. The molecule has 0 amide bonds. The van der Waals surface area contributed by atoms with E-state index in [1.165, 1.54) is 0 Å². The van der Waals surface area contributed by atoms with E-state index in [1.54, 1.807) is 12.1 Å². The number of hydrogen-bond acceptors (Lipinski definition) is 3. The van der Waals surface area contributed by atoms with Gasteiger partial charge in [-0.15, -0.1) is 0 Å². The number of fused-ring (bicyclic) bond motifs is 1. The van der Waals surface area contributed by atoms with E-state index in [-0.39, 0.29) is 13.2 Å². The summed E-state index contributed by atoms with van der Waals surface area (Å²) in [5.74, 6) is 0.587. The lowest BCUT2D eigenvalue weighted by atomic mass is 10.1. The SMILES string of the molecule is O[C@H]1CCc2cc(OCCOCC(F)(F)F)ccc21. The molecule has 0 fully saturated rings. The summed E-state index contributed by atoms with van der Waals surface area (Å²) in [5.41, 5.74) is 1.93. The van der Waals surface area contributed by atoms with Crippen LogP contribution in [0.25, 0.3) is 0 Å². The minimum atomic E-state index is -4.30. The number of aryl methyl sites for hydroxylation is 1. The van der Waals surface area contributed by atoms with Crippen molar-refractivity contribution < 1.29 is 27.8 Å². The lowest BCUT2D eigenvalue weighted by Crippen LogP contribution is -2.19. The molecule has 1 aromatic carbocycles. The summed E-state index contributed by atoms with van der Waals surface area (Å²) in [6.07, 6.45) is -3.23. The van der Waals surface area contributed by atoms with E-state index in [4.69, 9.17) is 4.74 Å². The normalized spacial score (nSPS) is 18.4. The van der Waals surface area contributed by atoms with E-state index in [9.17, 15) is 18.3 Å². The van der Waals surface area contributed by atoms with Gasteiger partial charge in [-0.25, -0.2) is 0 Å². The van der Waals surface area contributed by atoms with E-state index in [0.29, 0.717) is 12.2 Å². The van der Waals surface area contributed by atoms with E-state index in [1.807, 2.05) is 6.07 Å². The monoisotopic (exact) mass is 276 g/mol. The molecule has 0 radical (unpaired) electrons. The Morgan fingerprint density at radius 2 is 2.05 bits per heavy atom. The number of alkyl halides is 3. The number of ether oxygens (including phenoxy) is 2. The van der Waals surface area contributed by atoms with Gasteiger partial charge in [0.2, 0.25) is 0 Å². The van der Waals surface area contributed by atoms with E-state index < -0.39 is 18.9 Å². The fourth-order valence-electron chi connectivity index (χ4n) is 2.07. The molecule has 19 heavy (non-hydrogen) atoms. The van der Waals surface area contributed by atoms with Crippen molar-refractivity contribution in [2.75, 3.05) is 19.8 Å². The fourth-order valence-corrected chi connectivity index (χ4v) is 2.07. The molecule has 2 rings (SSSR count). The minimum absolute atomic E-state index is 0.0669. The lowest BCUT2D eigenvalue weighted by molar-refractivity contribution is -0.175. The Labute approximate surface area is 108 Å². The van der Waals surface area contributed by atoms with Crippen LogP contribution in [0.15, 0.2) is 18.2 Å². The first-order valence-electron chi connectivity index (χ1n) is 6.04. The molecular formula is C13H15F3O3. The Hall–Kier alpha value is -1.27. The molecule has 3 nitrogen and oxygen atoms in total. The lowest BCUT2D eigenvalue weighted by Gasteiger charge is -2.10. The Balaban J connectivity index is 1.75. The van der Waals surface area contributed by atoms with E-state index in [2.05, 4.69) is 4.74 Å². The second-order valence-electron chi connectivity index (χ2n) is 4.43. The molecule has 0 aliphatic heterocycles. The van der Waals surface area contributed by atoms with Gasteiger partial charge in [0.15, 0.2) is 0 Å². The summed E-state index contributed by atoms with van der Waals surface area (Å²) in [7, 11) is 0. The topological polar surface area (TPSA) is 38.7 Å². The van der Waals surface area contributed by atoms with Crippen LogP contribution in [0, 0.1) is 0 Å². The summed E-state index contributed by atoms with van der Waals surface area (Å²) < 4.78 is 45.2. The van der Waals surface area contributed by atoms with Crippen LogP contribution < -0.4 is 4.74 Å². The summed E-state index contributed by atoms with van der Waals surface area (Å²) in [6.45, 7) is -1.30. The van der Waals surface area contributed by atoms with Crippen molar-refractivity contribution in [1.29, 1.82) is 0 Å². The van der Waals surface area contributed by atoms with Gasteiger partial charge in [-0.05, 0) is 36.1 Å². The van der Waals surface area contributed by atoms with Crippen LogP contribution in [-0.2, 0) is 11.2 Å². The van der Waals surface area contributed by atoms with Crippen LogP contribution in [0.3, 0.4) is 0 Å². The van der Waals surface area contributed by atoms with Crippen molar-refractivity contribution in [2.45, 2.75) is 25.1 Å². The molecule has 0 saturated carbocycles. The number of rotatable bonds is 5. The highest BCUT2D eigenvalue weighted by Crippen LogP contribution is 2.33. The van der Waals surface area contributed by atoms with E-state index >= 15 is 0 Å².